The van der Waals surface area contributed by atoms with Gasteiger partial charge >= 0.3 is 0 Å². The molecule has 0 aliphatic carbocycles. The highest BCUT2D eigenvalue weighted by atomic mass is 127. The Balaban J connectivity index is 0.00000364. The molecule has 5 nitrogen and oxygen atoms in total. The first-order valence-corrected chi connectivity index (χ1v) is 10.0. The Labute approximate surface area is 187 Å². The fourth-order valence-corrected chi connectivity index (χ4v) is 3.45. The first-order valence-electron chi connectivity index (χ1n) is 9.24. The van der Waals surface area contributed by atoms with Crippen LogP contribution in [0.1, 0.15) is 24.8 Å². The van der Waals surface area contributed by atoms with Gasteiger partial charge in [-0.25, -0.2) is 4.39 Å². The Hall–Kier alpha value is -0.450. The smallest absolute Gasteiger partial charge is 0.191 e. The maximum absolute atomic E-state index is 13.8. The molecule has 8 heteroatoms. The second-order valence-electron chi connectivity index (χ2n) is 6.59. The second kappa shape index (κ2) is 13.7. The minimum absolute atomic E-state index is 0. The summed E-state index contributed by atoms with van der Waals surface area (Å²) in [4.78, 5) is 6.74. The number of halogens is 3. The summed E-state index contributed by atoms with van der Waals surface area (Å²) < 4.78 is 19.7. The third kappa shape index (κ3) is 9.06. The molecule has 0 atom stereocenters. The van der Waals surface area contributed by atoms with Crippen LogP contribution in [0.15, 0.2) is 27.7 Å². The van der Waals surface area contributed by atoms with Gasteiger partial charge in [-0.1, -0.05) is 22.0 Å². The quantitative estimate of drug-likeness (QED) is 0.223. The maximum atomic E-state index is 13.8. The van der Waals surface area contributed by atoms with E-state index in [-0.39, 0.29) is 29.8 Å². The summed E-state index contributed by atoms with van der Waals surface area (Å²) in [7, 11) is 3.53. The summed E-state index contributed by atoms with van der Waals surface area (Å²) in [6.07, 6.45) is 3.78. The molecule has 1 aromatic carbocycles. The molecule has 1 aliphatic heterocycles. The van der Waals surface area contributed by atoms with Gasteiger partial charge < -0.3 is 20.3 Å². The number of aliphatic imine (C=N–C) groups is 1. The van der Waals surface area contributed by atoms with Crippen LogP contribution in [0.3, 0.4) is 0 Å². The Kier molecular flexibility index (Phi) is 12.5. The van der Waals surface area contributed by atoms with Crippen molar-refractivity contribution < 1.29 is 9.13 Å². The predicted octanol–water partition coefficient (Wildman–Crippen LogP) is 3.41. The van der Waals surface area contributed by atoms with Crippen molar-refractivity contribution in [2.24, 2.45) is 4.99 Å². The number of benzene rings is 1. The van der Waals surface area contributed by atoms with Gasteiger partial charge in [0.15, 0.2) is 5.96 Å². The molecule has 0 bridgehead atoms. The van der Waals surface area contributed by atoms with Crippen molar-refractivity contribution in [1.82, 2.24) is 15.5 Å². The van der Waals surface area contributed by atoms with Crippen LogP contribution in [0, 0.1) is 5.82 Å². The lowest BCUT2D eigenvalue weighted by Gasteiger charge is -2.32. The van der Waals surface area contributed by atoms with Gasteiger partial charge in [0.1, 0.15) is 5.82 Å². The van der Waals surface area contributed by atoms with Gasteiger partial charge in [-0.2, -0.15) is 0 Å². The fraction of sp³-hybridized carbons (Fsp3) is 0.632. The van der Waals surface area contributed by atoms with Gasteiger partial charge in [0.05, 0.1) is 6.61 Å². The van der Waals surface area contributed by atoms with E-state index in [1.165, 1.54) is 6.07 Å². The molecule has 0 saturated carbocycles. The first kappa shape index (κ1) is 24.6. The highest BCUT2D eigenvalue weighted by Gasteiger charge is 2.19. The van der Waals surface area contributed by atoms with Crippen LogP contribution < -0.4 is 10.6 Å². The molecule has 2 rings (SSSR count). The number of hydrogen-bond acceptors (Lipinski definition) is 3. The zero-order chi connectivity index (χ0) is 18.8. The normalized spacial score (nSPS) is 16.1. The lowest BCUT2D eigenvalue weighted by atomic mass is 10.1. The third-order valence-corrected chi connectivity index (χ3v) is 5.19. The molecule has 1 heterocycles. The van der Waals surface area contributed by atoms with Gasteiger partial charge in [-0.15, -0.1) is 24.0 Å². The van der Waals surface area contributed by atoms with Crippen molar-refractivity contribution in [3.05, 3.63) is 34.1 Å². The molecular weight excluding hydrogens is 526 g/mol. The first-order chi connectivity index (χ1) is 12.6. The Morgan fingerprint density at radius 3 is 2.74 bits per heavy atom. The van der Waals surface area contributed by atoms with E-state index in [1.54, 1.807) is 14.2 Å². The van der Waals surface area contributed by atoms with Gasteiger partial charge in [-0.3, -0.25) is 4.99 Å². The zero-order valence-electron chi connectivity index (χ0n) is 16.1. The van der Waals surface area contributed by atoms with E-state index < -0.39 is 0 Å². The average Bonchev–Trinajstić information content (AvgIpc) is 2.65. The minimum Gasteiger partial charge on any atom is -0.383 e. The van der Waals surface area contributed by atoms with Crippen molar-refractivity contribution in [3.8, 4) is 0 Å². The number of rotatable bonds is 8. The van der Waals surface area contributed by atoms with Crippen molar-refractivity contribution in [2.75, 3.05) is 46.9 Å². The number of likely N-dealkylation sites (tertiary alicyclic amines) is 1. The number of methoxy groups -OCH3 is 1. The predicted molar refractivity (Wildman–Crippen MR) is 124 cm³/mol. The minimum atomic E-state index is -0.151. The van der Waals surface area contributed by atoms with Crippen LogP contribution in [0.5, 0.6) is 0 Å². The lowest BCUT2D eigenvalue weighted by molar-refractivity contribution is 0.128. The van der Waals surface area contributed by atoms with Crippen molar-refractivity contribution in [2.45, 2.75) is 31.7 Å². The summed E-state index contributed by atoms with van der Waals surface area (Å²) in [5.41, 5.74) is 0.751. The number of ether oxygens (including phenoxy) is 1. The second-order valence-corrected chi connectivity index (χ2v) is 7.51. The molecule has 0 unspecified atom stereocenters. The van der Waals surface area contributed by atoms with Gasteiger partial charge in [0.25, 0.3) is 0 Å². The van der Waals surface area contributed by atoms with E-state index in [0.717, 1.165) is 68.0 Å². The van der Waals surface area contributed by atoms with Gasteiger partial charge in [0, 0.05) is 50.9 Å². The molecule has 1 aromatic rings. The van der Waals surface area contributed by atoms with Gasteiger partial charge in [0.2, 0.25) is 0 Å². The van der Waals surface area contributed by atoms with E-state index in [9.17, 15) is 4.39 Å². The molecule has 0 spiro atoms. The number of nitrogens with zero attached hydrogens (tertiary/aromatic N) is 2. The third-order valence-electron chi connectivity index (χ3n) is 4.69. The summed E-state index contributed by atoms with van der Waals surface area (Å²) in [6.45, 7) is 4.73. The number of nitrogens with one attached hydrogen (secondary N) is 2. The van der Waals surface area contributed by atoms with Crippen molar-refractivity contribution in [3.63, 3.8) is 0 Å². The SMILES string of the molecule is CN=C(NCCCc1ccc(Br)cc1F)NC1CCN(CCOC)CC1.I. The molecule has 0 amide bonds. The summed E-state index contributed by atoms with van der Waals surface area (Å²) in [5, 5.41) is 6.84. The van der Waals surface area contributed by atoms with E-state index >= 15 is 0 Å². The average molecular weight is 557 g/mol. The number of guanidine groups is 1. The summed E-state index contributed by atoms with van der Waals surface area (Å²) >= 11 is 3.28. The zero-order valence-corrected chi connectivity index (χ0v) is 20.1. The summed E-state index contributed by atoms with van der Waals surface area (Å²) in [6, 6.07) is 5.68. The summed E-state index contributed by atoms with van der Waals surface area (Å²) in [5.74, 6) is 0.679. The fourth-order valence-electron chi connectivity index (χ4n) is 3.12. The molecule has 2 N–H and O–H groups in total. The molecule has 0 aromatic heterocycles. The molecule has 1 fully saturated rings. The molecule has 27 heavy (non-hydrogen) atoms. The Bertz CT molecular complexity index is 583. The number of piperidine rings is 1. The van der Waals surface area contributed by atoms with Crippen LogP contribution in [0.4, 0.5) is 4.39 Å². The van der Waals surface area contributed by atoms with Crippen LogP contribution >= 0.6 is 39.9 Å². The highest BCUT2D eigenvalue weighted by Crippen LogP contribution is 2.16. The van der Waals surface area contributed by atoms with E-state index in [1.807, 2.05) is 12.1 Å². The van der Waals surface area contributed by atoms with E-state index in [0.29, 0.717) is 12.5 Å². The molecular formula is C19H31BrFIN4O. The molecule has 1 aliphatic rings. The van der Waals surface area contributed by atoms with Crippen molar-refractivity contribution >= 4 is 45.9 Å². The van der Waals surface area contributed by atoms with E-state index in [2.05, 4.69) is 36.5 Å². The van der Waals surface area contributed by atoms with Gasteiger partial charge in [-0.05, 0) is 43.4 Å². The topological polar surface area (TPSA) is 48.9 Å². The van der Waals surface area contributed by atoms with E-state index in [4.69, 9.17) is 4.74 Å². The van der Waals surface area contributed by atoms with Crippen molar-refractivity contribution in [1.29, 1.82) is 0 Å². The highest BCUT2D eigenvalue weighted by molar-refractivity contribution is 14.0. The monoisotopic (exact) mass is 556 g/mol. The number of hydrogen-bond donors (Lipinski definition) is 2. The largest absolute Gasteiger partial charge is 0.383 e. The standard InChI is InChI=1S/C19H30BrFN4O.HI/c1-22-19(24-17-7-10-25(11-8-17)12-13-26-2)23-9-3-4-15-5-6-16(20)14-18(15)21;/h5-6,14,17H,3-4,7-13H2,1-2H3,(H2,22,23,24);1H. The lowest BCUT2D eigenvalue weighted by Crippen LogP contribution is -2.49. The molecule has 1 saturated heterocycles. The number of aryl methyl sites for hydroxylation is 1. The van der Waals surface area contributed by atoms with Crippen LogP contribution in [0.2, 0.25) is 0 Å². The van der Waals surface area contributed by atoms with Crippen LogP contribution in [-0.4, -0.2) is 63.8 Å². The molecule has 154 valence electrons. The maximum Gasteiger partial charge on any atom is 0.191 e. The molecule has 0 radical (unpaired) electrons. The van der Waals surface area contributed by atoms with Crippen LogP contribution in [0.25, 0.3) is 0 Å². The van der Waals surface area contributed by atoms with Crippen LogP contribution in [-0.2, 0) is 11.2 Å². The Morgan fingerprint density at radius 1 is 1.37 bits per heavy atom. The Morgan fingerprint density at radius 2 is 2.11 bits per heavy atom.